The monoisotopic (exact) mass is 323 g/mol. The van der Waals surface area contributed by atoms with E-state index < -0.39 is 10.0 Å². The van der Waals surface area contributed by atoms with Gasteiger partial charge in [0.25, 0.3) is 5.91 Å². The highest BCUT2D eigenvalue weighted by Gasteiger charge is 2.07. The number of aromatic nitrogens is 3. The van der Waals surface area contributed by atoms with Crippen LogP contribution < -0.4 is 10.0 Å². The lowest BCUT2D eigenvalue weighted by Gasteiger charge is -2.07. The van der Waals surface area contributed by atoms with Gasteiger partial charge in [-0.25, -0.2) is 23.1 Å². The van der Waals surface area contributed by atoms with Crippen LogP contribution in [0.15, 0.2) is 37.1 Å². The lowest BCUT2D eigenvalue weighted by molar-refractivity contribution is 0.0953. The second-order valence-electron chi connectivity index (χ2n) is 4.65. The Balaban J connectivity index is 1.87. The zero-order valence-electron chi connectivity index (χ0n) is 12.1. The summed E-state index contributed by atoms with van der Waals surface area (Å²) in [5.41, 5.74) is 0.481. The average molecular weight is 323 g/mol. The molecule has 2 heterocycles. The van der Waals surface area contributed by atoms with Crippen LogP contribution in [-0.4, -0.2) is 48.2 Å². The molecule has 0 saturated heterocycles. The molecular formula is C13H17N5O3S. The van der Waals surface area contributed by atoms with E-state index in [1.54, 1.807) is 41.6 Å². The van der Waals surface area contributed by atoms with Crippen molar-refractivity contribution in [3.8, 4) is 5.82 Å². The van der Waals surface area contributed by atoms with Gasteiger partial charge in [0.1, 0.15) is 12.1 Å². The van der Waals surface area contributed by atoms with Crippen molar-refractivity contribution in [2.24, 2.45) is 0 Å². The molecule has 0 bridgehead atoms. The summed E-state index contributed by atoms with van der Waals surface area (Å²) in [6, 6.07) is 3.27. The smallest absolute Gasteiger partial charge is 0.251 e. The summed E-state index contributed by atoms with van der Waals surface area (Å²) in [7, 11) is -3.19. The van der Waals surface area contributed by atoms with Crippen molar-refractivity contribution in [2.75, 3.05) is 19.3 Å². The fourth-order valence-corrected chi connectivity index (χ4v) is 2.26. The van der Waals surface area contributed by atoms with E-state index in [1.165, 1.54) is 0 Å². The minimum Gasteiger partial charge on any atom is -0.352 e. The Morgan fingerprint density at radius 1 is 1.32 bits per heavy atom. The maximum absolute atomic E-state index is 12.0. The Hall–Kier alpha value is -2.26. The van der Waals surface area contributed by atoms with Gasteiger partial charge in [0, 0.05) is 37.2 Å². The fraction of sp³-hybridized carbons (Fsp3) is 0.308. The molecule has 2 aromatic rings. The van der Waals surface area contributed by atoms with Gasteiger partial charge >= 0.3 is 0 Å². The molecule has 0 aromatic carbocycles. The first-order valence-corrected chi connectivity index (χ1v) is 8.52. The molecule has 0 aliphatic rings. The van der Waals surface area contributed by atoms with Crippen LogP contribution in [0.5, 0.6) is 0 Å². The van der Waals surface area contributed by atoms with Crippen LogP contribution in [0.3, 0.4) is 0 Å². The maximum atomic E-state index is 12.0. The van der Waals surface area contributed by atoms with Gasteiger partial charge in [-0.15, -0.1) is 0 Å². The Morgan fingerprint density at radius 2 is 2.14 bits per heavy atom. The predicted molar refractivity (Wildman–Crippen MR) is 81.2 cm³/mol. The molecule has 2 aromatic heterocycles. The van der Waals surface area contributed by atoms with Crippen molar-refractivity contribution in [1.82, 2.24) is 24.6 Å². The molecule has 22 heavy (non-hydrogen) atoms. The van der Waals surface area contributed by atoms with Crippen LogP contribution >= 0.6 is 0 Å². The minimum atomic E-state index is -3.19. The van der Waals surface area contributed by atoms with E-state index in [0.29, 0.717) is 24.3 Å². The zero-order chi connectivity index (χ0) is 16.0. The van der Waals surface area contributed by atoms with E-state index in [9.17, 15) is 13.2 Å². The maximum Gasteiger partial charge on any atom is 0.251 e. The second-order valence-corrected chi connectivity index (χ2v) is 6.48. The van der Waals surface area contributed by atoms with E-state index in [-0.39, 0.29) is 12.5 Å². The summed E-state index contributed by atoms with van der Waals surface area (Å²) in [5.74, 6) is 0.368. The summed E-state index contributed by atoms with van der Waals surface area (Å²) in [5, 5.41) is 2.73. The van der Waals surface area contributed by atoms with E-state index in [1.807, 2.05) is 0 Å². The third-order valence-corrected chi connectivity index (χ3v) is 3.51. The number of nitrogens with zero attached hydrogens (tertiary/aromatic N) is 3. The van der Waals surface area contributed by atoms with Gasteiger partial charge in [-0.1, -0.05) is 0 Å². The topological polar surface area (TPSA) is 106 Å². The summed E-state index contributed by atoms with van der Waals surface area (Å²) in [6.45, 7) is 0.666. The summed E-state index contributed by atoms with van der Waals surface area (Å²) in [4.78, 5) is 20.1. The lowest BCUT2D eigenvalue weighted by Crippen LogP contribution is -2.29. The molecule has 0 unspecified atom stereocenters. The van der Waals surface area contributed by atoms with Gasteiger partial charge in [0.2, 0.25) is 10.0 Å². The molecule has 0 radical (unpaired) electrons. The van der Waals surface area contributed by atoms with E-state index in [2.05, 4.69) is 20.0 Å². The molecule has 8 nitrogen and oxygen atoms in total. The van der Waals surface area contributed by atoms with Crippen molar-refractivity contribution >= 4 is 15.9 Å². The van der Waals surface area contributed by atoms with Crippen LogP contribution in [0.25, 0.3) is 5.82 Å². The van der Waals surface area contributed by atoms with E-state index in [4.69, 9.17) is 0 Å². The summed E-state index contributed by atoms with van der Waals surface area (Å²) in [6.07, 6.45) is 8.12. The van der Waals surface area contributed by atoms with Gasteiger partial charge in [-0.05, 0) is 18.6 Å². The molecular weight excluding hydrogens is 306 g/mol. The van der Waals surface area contributed by atoms with Crippen molar-refractivity contribution < 1.29 is 13.2 Å². The minimum absolute atomic E-state index is 0.233. The number of pyridine rings is 1. The number of hydrogen-bond donors (Lipinski definition) is 2. The predicted octanol–water partition coefficient (Wildman–Crippen LogP) is -0.0636. The van der Waals surface area contributed by atoms with Crippen LogP contribution in [-0.2, 0) is 10.0 Å². The molecule has 0 aliphatic heterocycles. The lowest BCUT2D eigenvalue weighted by atomic mass is 10.2. The highest BCUT2D eigenvalue weighted by atomic mass is 32.2. The first-order valence-electron chi connectivity index (χ1n) is 6.63. The number of carbonyl (C=O) groups is 1. The number of sulfonamides is 1. The molecule has 0 saturated carbocycles. The van der Waals surface area contributed by atoms with E-state index >= 15 is 0 Å². The number of carbonyl (C=O) groups excluding carboxylic acids is 1. The molecule has 2 rings (SSSR count). The zero-order valence-corrected chi connectivity index (χ0v) is 12.9. The second kappa shape index (κ2) is 7.14. The number of hydrogen-bond acceptors (Lipinski definition) is 5. The van der Waals surface area contributed by atoms with Gasteiger partial charge in [-0.3, -0.25) is 9.36 Å². The van der Waals surface area contributed by atoms with Crippen molar-refractivity contribution in [1.29, 1.82) is 0 Å². The molecule has 2 N–H and O–H groups in total. The van der Waals surface area contributed by atoms with Crippen molar-refractivity contribution in [3.05, 3.63) is 42.6 Å². The third kappa shape index (κ3) is 4.93. The number of imidazole rings is 1. The molecule has 0 fully saturated rings. The van der Waals surface area contributed by atoms with Gasteiger partial charge in [-0.2, -0.15) is 0 Å². The highest BCUT2D eigenvalue weighted by molar-refractivity contribution is 7.88. The molecule has 0 spiro atoms. The van der Waals surface area contributed by atoms with Crippen LogP contribution in [0.4, 0.5) is 0 Å². The normalized spacial score (nSPS) is 11.3. The van der Waals surface area contributed by atoms with Gasteiger partial charge < -0.3 is 5.32 Å². The molecule has 0 aliphatic carbocycles. The average Bonchev–Trinajstić information content (AvgIpc) is 3.00. The van der Waals surface area contributed by atoms with Gasteiger partial charge in [0.05, 0.1) is 6.26 Å². The highest BCUT2D eigenvalue weighted by Crippen LogP contribution is 2.06. The molecule has 118 valence electrons. The molecule has 1 amide bonds. The number of rotatable bonds is 7. The Bertz CT molecular complexity index is 728. The Morgan fingerprint density at radius 3 is 2.82 bits per heavy atom. The fourth-order valence-electron chi connectivity index (χ4n) is 1.75. The quantitative estimate of drug-likeness (QED) is 0.694. The Labute approximate surface area is 128 Å². The van der Waals surface area contributed by atoms with Gasteiger partial charge in [0.15, 0.2) is 0 Å². The van der Waals surface area contributed by atoms with E-state index in [0.717, 1.165) is 6.26 Å². The molecule has 9 heteroatoms. The summed E-state index contributed by atoms with van der Waals surface area (Å²) < 4.78 is 25.8. The van der Waals surface area contributed by atoms with Crippen LogP contribution in [0, 0.1) is 0 Å². The number of nitrogens with one attached hydrogen (secondary N) is 2. The largest absolute Gasteiger partial charge is 0.352 e. The molecule has 0 atom stereocenters. The standard InChI is InChI=1S/C13H17N5O3S/c1-22(20,21)17-5-2-4-16-13(19)11-3-6-15-12(9-11)18-8-7-14-10-18/h3,6-10,17H,2,4-5H2,1H3,(H,16,19). The summed E-state index contributed by atoms with van der Waals surface area (Å²) >= 11 is 0. The first-order chi connectivity index (χ1) is 10.5. The SMILES string of the molecule is CS(=O)(=O)NCCCNC(=O)c1ccnc(-n2ccnc2)c1. The first kappa shape index (κ1) is 16.1. The Kier molecular flexibility index (Phi) is 5.23. The number of amides is 1. The third-order valence-electron chi connectivity index (χ3n) is 2.78. The van der Waals surface area contributed by atoms with Crippen LogP contribution in [0.1, 0.15) is 16.8 Å². The van der Waals surface area contributed by atoms with Crippen molar-refractivity contribution in [2.45, 2.75) is 6.42 Å². The van der Waals surface area contributed by atoms with Crippen LogP contribution in [0.2, 0.25) is 0 Å². The van der Waals surface area contributed by atoms with Crippen molar-refractivity contribution in [3.63, 3.8) is 0 Å².